The summed E-state index contributed by atoms with van der Waals surface area (Å²) in [6.45, 7) is -0.379. The molecule has 0 unspecified atom stereocenters. The van der Waals surface area contributed by atoms with E-state index in [1.165, 1.54) is 52.3 Å². The Kier molecular flexibility index (Phi) is 8.26. The van der Waals surface area contributed by atoms with E-state index in [4.69, 9.17) is 0 Å². The van der Waals surface area contributed by atoms with Gasteiger partial charge in [-0.25, -0.2) is 4.68 Å². The van der Waals surface area contributed by atoms with Crippen molar-refractivity contribution in [1.82, 2.24) is 20.0 Å². The highest BCUT2D eigenvalue weighted by Crippen LogP contribution is 2.33. The van der Waals surface area contributed by atoms with Crippen LogP contribution in [-0.4, -0.2) is 70.5 Å². The Balaban J connectivity index is 1.29. The van der Waals surface area contributed by atoms with Crippen LogP contribution in [0.25, 0.3) is 16.8 Å². The summed E-state index contributed by atoms with van der Waals surface area (Å²) in [7, 11) is 0. The van der Waals surface area contributed by atoms with Gasteiger partial charge in [-0.05, 0) is 60.2 Å². The van der Waals surface area contributed by atoms with Crippen LogP contribution in [-0.2, 0) is 6.18 Å². The van der Waals surface area contributed by atoms with E-state index in [1.807, 2.05) is 4.90 Å². The van der Waals surface area contributed by atoms with Crippen molar-refractivity contribution in [2.75, 3.05) is 37.6 Å². The monoisotopic (exact) mass is 617 g/mol. The molecule has 1 aliphatic heterocycles. The molecule has 0 radical (unpaired) electrons. The third kappa shape index (κ3) is 7.13. The zero-order valence-electron chi connectivity index (χ0n) is 22.9. The van der Waals surface area contributed by atoms with Gasteiger partial charge in [0.15, 0.2) is 0 Å². The highest BCUT2D eigenvalue weighted by atomic mass is 19.4. The van der Waals surface area contributed by atoms with E-state index in [0.29, 0.717) is 29.9 Å². The van der Waals surface area contributed by atoms with Crippen molar-refractivity contribution >= 4 is 17.5 Å². The van der Waals surface area contributed by atoms with E-state index in [0.717, 1.165) is 12.1 Å². The Bertz CT molecular complexity index is 1660. The molecule has 4 aromatic rings. The molecule has 0 saturated carbocycles. The molecule has 1 aliphatic rings. The van der Waals surface area contributed by atoms with Crippen LogP contribution in [0.5, 0.6) is 5.75 Å². The number of phenols is 1. The van der Waals surface area contributed by atoms with Gasteiger partial charge in [-0.3, -0.25) is 9.59 Å². The molecule has 8 nitrogen and oxygen atoms in total. The average molecular weight is 618 g/mol. The van der Waals surface area contributed by atoms with E-state index >= 15 is 0 Å². The Morgan fingerprint density at radius 3 is 2.16 bits per heavy atom. The first-order valence-electron chi connectivity index (χ1n) is 13.3. The molecule has 14 heteroatoms. The molecular weight excluding hydrogens is 592 g/mol. The molecule has 0 aliphatic carbocycles. The Morgan fingerprint density at radius 2 is 1.52 bits per heavy atom. The summed E-state index contributed by atoms with van der Waals surface area (Å²) in [6, 6.07) is 15.3. The lowest BCUT2D eigenvalue weighted by Crippen LogP contribution is -2.48. The normalized spacial score (nSPS) is 14.0. The number of halogens is 6. The fourth-order valence-electron chi connectivity index (χ4n) is 4.79. The van der Waals surface area contributed by atoms with Crippen LogP contribution < -0.4 is 10.2 Å². The van der Waals surface area contributed by atoms with Crippen molar-refractivity contribution in [3.63, 3.8) is 0 Å². The van der Waals surface area contributed by atoms with E-state index in [9.17, 15) is 41.0 Å². The number of amides is 2. The molecule has 44 heavy (non-hydrogen) atoms. The number of carbonyl (C=O) groups excluding carboxylic acids is 2. The van der Waals surface area contributed by atoms with Crippen molar-refractivity contribution in [3.05, 3.63) is 95.8 Å². The number of nitrogens with one attached hydrogen (secondary N) is 1. The van der Waals surface area contributed by atoms with Gasteiger partial charge in [-0.15, -0.1) is 0 Å². The summed E-state index contributed by atoms with van der Waals surface area (Å²) in [5, 5.41) is 15.7. The maximum atomic E-state index is 13.8. The number of anilines is 1. The van der Waals surface area contributed by atoms with E-state index < -0.39 is 36.3 Å². The minimum atomic E-state index is -4.72. The summed E-state index contributed by atoms with van der Waals surface area (Å²) >= 11 is 0. The number of phenolic OH excluding ortho intramolecular Hbond substituents is 1. The maximum absolute atomic E-state index is 13.8. The second-order valence-corrected chi connectivity index (χ2v) is 10.1. The summed E-state index contributed by atoms with van der Waals surface area (Å²) < 4.78 is 79.8. The van der Waals surface area contributed by atoms with Gasteiger partial charge in [0.05, 0.1) is 17.4 Å². The molecule has 5 rings (SSSR count). The van der Waals surface area contributed by atoms with Gasteiger partial charge in [-0.1, -0.05) is 12.1 Å². The predicted octanol–water partition coefficient (Wildman–Crippen LogP) is 5.52. The quantitative estimate of drug-likeness (QED) is 0.278. The first-order chi connectivity index (χ1) is 20.8. The number of alkyl halides is 6. The fraction of sp³-hybridized carbons (Fsp3) is 0.233. The third-order valence-corrected chi connectivity index (χ3v) is 7.03. The van der Waals surface area contributed by atoms with Gasteiger partial charge in [0.25, 0.3) is 11.8 Å². The van der Waals surface area contributed by atoms with Crippen molar-refractivity contribution in [1.29, 1.82) is 0 Å². The van der Waals surface area contributed by atoms with Gasteiger partial charge in [0.1, 0.15) is 12.3 Å². The summed E-state index contributed by atoms with van der Waals surface area (Å²) in [5.41, 5.74) is 0.754. The number of piperazine rings is 1. The summed E-state index contributed by atoms with van der Waals surface area (Å²) in [6.07, 6.45) is -6.31. The second kappa shape index (κ2) is 11.9. The number of hydrogen-bond donors (Lipinski definition) is 2. The molecule has 2 heterocycles. The molecule has 230 valence electrons. The summed E-state index contributed by atoms with van der Waals surface area (Å²) in [5.74, 6) is -1.43. The molecule has 0 bridgehead atoms. The fourth-order valence-corrected chi connectivity index (χ4v) is 4.79. The number of benzene rings is 3. The van der Waals surface area contributed by atoms with E-state index in [1.54, 1.807) is 29.6 Å². The molecule has 2 N–H and O–H groups in total. The molecule has 1 aromatic heterocycles. The smallest absolute Gasteiger partial charge is 0.416 e. The number of carbonyl (C=O) groups is 2. The number of rotatable bonds is 6. The Hall–Kier alpha value is -5.01. The first kappa shape index (κ1) is 30.4. The van der Waals surface area contributed by atoms with Crippen molar-refractivity contribution in [2.24, 2.45) is 0 Å². The number of nitrogens with zero attached hydrogens (tertiary/aromatic N) is 4. The minimum Gasteiger partial charge on any atom is -0.508 e. The lowest BCUT2D eigenvalue weighted by atomic mass is 10.1. The second-order valence-electron chi connectivity index (χ2n) is 10.1. The van der Waals surface area contributed by atoms with Crippen molar-refractivity contribution in [3.8, 4) is 22.6 Å². The molecule has 0 atom stereocenters. The Labute approximate surface area is 247 Å². The largest absolute Gasteiger partial charge is 0.508 e. The lowest BCUT2D eigenvalue weighted by Gasteiger charge is -2.36. The lowest BCUT2D eigenvalue weighted by molar-refractivity contribution is -0.137. The third-order valence-electron chi connectivity index (χ3n) is 7.03. The number of aromatic nitrogens is 2. The van der Waals surface area contributed by atoms with Crippen LogP contribution in [0.2, 0.25) is 0 Å². The highest BCUT2D eigenvalue weighted by Gasteiger charge is 2.33. The SMILES string of the molecule is O=C(NCC(F)(F)F)c1ccc(N2CCN(C(=O)c3cc(-n4cc(-c5cccc(O)c5)cn4)cc(C(F)(F)F)c3)CC2)cc1. The zero-order chi connectivity index (χ0) is 31.6. The minimum absolute atomic E-state index is 0.0200. The van der Waals surface area contributed by atoms with Crippen LogP contribution >= 0.6 is 0 Å². The van der Waals surface area contributed by atoms with E-state index in [-0.39, 0.29) is 35.7 Å². The predicted molar refractivity (Wildman–Crippen MR) is 149 cm³/mol. The molecule has 2 amide bonds. The van der Waals surface area contributed by atoms with Crippen LogP contribution in [0, 0.1) is 0 Å². The van der Waals surface area contributed by atoms with Crippen molar-refractivity contribution in [2.45, 2.75) is 12.4 Å². The van der Waals surface area contributed by atoms with Gasteiger partial charge >= 0.3 is 12.4 Å². The van der Waals surface area contributed by atoms with E-state index in [2.05, 4.69) is 5.10 Å². The number of hydrogen-bond acceptors (Lipinski definition) is 5. The maximum Gasteiger partial charge on any atom is 0.416 e. The van der Waals surface area contributed by atoms with Crippen molar-refractivity contribution < 1.29 is 41.0 Å². The molecule has 3 aromatic carbocycles. The summed E-state index contributed by atoms with van der Waals surface area (Å²) in [4.78, 5) is 28.7. The van der Waals surface area contributed by atoms with Gasteiger partial charge < -0.3 is 20.2 Å². The molecule has 0 spiro atoms. The van der Waals surface area contributed by atoms with Crippen LogP contribution in [0.1, 0.15) is 26.3 Å². The van der Waals surface area contributed by atoms with Gasteiger partial charge in [0, 0.05) is 54.8 Å². The standard InChI is InChI=1S/C30H25F6N5O3/c31-29(32,33)18-37-27(43)19-4-6-24(7-5-19)39-8-10-40(11-9-39)28(44)21-12-23(30(34,35)36)15-25(13-21)41-17-22(16-38-41)20-2-1-3-26(42)14-20/h1-7,12-17,42H,8-11,18H2,(H,37,43). The molecule has 1 saturated heterocycles. The van der Waals surface area contributed by atoms with Gasteiger partial charge in [-0.2, -0.15) is 31.4 Å². The van der Waals surface area contributed by atoms with Gasteiger partial charge in [0.2, 0.25) is 0 Å². The van der Waals surface area contributed by atoms with Crippen LogP contribution in [0.3, 0.4) is 0 Å². The Morgan fingerprint density at radius 1 is 0.818 bits per heavy atom. The van der Waals surface area contributed by atoms with Crippen LogP contribution in [0.15, 0.2) is 79.1 Å². The highest BCUT2D eigenvalue weighted by molar-refractivity contribution is 5.95. The molecular formula is C30H25F6N5O3. The zero-order valence-corrected chi connectivity index (χ0v) is 22.9. The topological polar surface area (TPSA) is 90.7 Å². The molecule has 1 fully saturated rings. The average Bonchev–Trinajstić information content (AvgIpc) is 3.49. The van der Waals surface area contributed by atoms with Crippen LogP contribution in [0.4, 0.5) is 32.0 Å². The first-order valence-corrected chi connectivity index (χ1v) is 13.3. The number of aromatic hydroxyl groups is 1.